The van der Waals surface area contributed by atoms with E-state index >= 15 is 19.2 Å². The van der Waals surface area contributed by atoms with Gasteiger partial charge in [-0.05, 0) is 36.4 Å². The number of aliphatic hydroxyl groups excluding tert-OH is 2. The molecule has 0 aromatic heterocycles. The maximum atomic E-state index is 15.6. The number of carbonyl (C=O) groups is 9. The molecule has 10 atom stereocenters. The zero-order valence-corrected chi connectivity index (χ0v) is 60.0. The molecule has 0 aliphatic carbocycles. The number of aromatic hydroxyl groups is 26. The number of rotatable bonds is 5. The predicted molar refractivity (Wildman–Crippen MR) is 378 cm³/mol. The normalized spacial score (nSPS) is 20.9. The average Bonchev–Trinajstić information content (AvgIpc) is 0.811. The third-order valence-electron chi connectivity index (χ3n) is 20.3. The minimum Gasteiger partial charge on any atom is -0.504 e. The highest BCUT2D eigenvalue weighted by molar-refractivity contribution is 6.14. The lowest BCUT2D eigenvalue weighted by atomic mass is 9.82. The fourth-order valence-corrected chi connectivity index (χ4v) is 14.5. The first-order valence-electron chi connectivity index (χ1n) is 34.3. The van der Waals surface area contributed by atoms with Crippen LogP contribution in [0.25, 0.3) is 44.5 Å². The highest BCUT2D eigenvalue weighted by atomic mass is 16.7. The Morgan fingerprint density at radius 2 is 0.593 bits per heavy atom. The molecule has 1 fully saturated rings. The second kappa shape index (κ2) is 28.5. The molecule has 4 bridgehead atoms. The van der Waals surface area contributed by atoms with Crippen LogP contribution in [0.5, 0.6) is 161 Å². The molecule has 7 aliphatic rings. The van der Waals surface area contributed by atoms with E-state index in [2.05, 4.69) is 0 Å². The molecular weight excluding hydrogens is 1670 g/mol. The zero-order valence-electron chi connectivity index (χ0n) is 60.0. The highest BCUT2D eigenvalue weighted by Gasteiger charge is 2.58. The summed E-state index contributed by atoms with van der Waals surface area (Å²) in [7, 11) is 0. The fraction of sp³-hybridized carbons (Fsp3) is 0.160. The van der Waals surface area contributed by atoms with Gasteiger partial charge < -0.3 is 195 Å². The van der Waals surface area contributed by atoms with Crippen molar-refractivity contribution in [2.75, 3.05) is 13.2 Å². The van der Waals surface area contributed by atoms with Crippen LogP contribution in [0, 0.1) is 0 Å². The van der Waals surface area contributed by atoms with E-state index in [1.807, 2.05) is 0 Å². The van der Waals surface area contributed by atoms with E-state index < -0.39 is 389 Å². The largest absolute Gasteiger partial charge is 0.504 e. The van der Waals surface area contributed by atoms with Crippen molar-refractivity contribution in [2.24, 2.45) is 0 Å². The molecule has 123 heavy (non-hydrogen) atoms. The number of phenols is 26. The number of esters is 9. The quantitative estimate of drug-likeness (QED) is 0.0668. The van der Waals surface area contributed by atoms with Crippen molar-refractivity contribution in [3.63, 3.8) is 0 Å². The van der Waals surface area contributed by atoms with Crippen LogP contribution in [0.3, 0.4) is 0 Å². The number of phenolic OH excluding ortho intramolecular Hbond substituents is 26. The van der Waals surface area contributed by atoms with Crippen molar-refractivity contribution in [3.05, 3.63) is 104 Å². The Bertz CT molecular complexity index is 6340. The molecule has 638 valence electrons. The minimum absolute atomic E-state index is 0.0432. The van der Waals surface area contributed by atoms with Crippen molar-refractivity contribution in [1.82, 2.24) is 0 Å². The van der Waals surface area contributed by atoms with Gasteiger partial charge >= 0.3 is 53.7 Å². The molecule has 48 heteroatoms. The van der Waals surface area contributed by atoms with Gasteiger partial charge in [-0.15, -0.1) is 0 Å². The SMILES string of the molecule is O=C(O[C@H]1COC(=O)c2cc(O)c(O)c(O)c2-c2c(cc(O)c(O)c2O)C(=O)O[C@H]1[C@H]1OC(=O)c2cc(O)c(O)c(O)c2-c2c(O)c(O)c(O)c3c2C(=O)O[C@@H]1[C@@H]3O)c1cc(O)c(O)c(O)c1Oc1cc2c(c(O)c1O)-c1c(cc(O)c(O)c1O)C(=O)O[C@H]1[C@H](OC2=O)[C@H]2OC(=O)c3cc(O)c(O)c(O)c3-c3c(cc(O)c(O)c3O)C(=O)OC[C@H]2O[C@H]1O. The summed E-state index contributed by atoms with van der Waals surface area (Å²) in [4.78, 5) is 135. The van der Waals surface area contributed by atoms with Crippen molar-refractivity contribution < 1.29 is 238 Å². The van der Waals surface area contributed by atoms with Crippen LogP contribution in [-0.2, 0) is 47.4 Å². The molecule has 9 aromatic rings. The molecule has 7 aliphatic heterocycles. The fourth-order valence-electron chi connectivity index (χ4n) is 14.5. The summed E-state index contributed by atoms with van der Waals surface area (Å²) in [5, 5.41) is 316. The molecule has 0 unspecified atom stereocenters. The standard InChI is InChI=1S/C75H50O48/c76-19-1-11-29(47(91)39(19)83)31-13(3-21(78)41(85)49(31)93)68(105)118-60(63-62-56(100)38-37(74(111)120-62)36(54(98)57(101)55(38)99)35-16(70(107)121-63)6-24(81)44(88)52(35)96)27(9-113-66(11)103)116-73(110)18-7-25(82)45(89)58(102)59(18)115-26-8-17-34(53(97)46(26)90)33-15(5-23(80)43(87)51(33)95)71(108)123-65-64(122-72(17)109)61-28(117-75(65)112)10-114-67(104)12-2-20(77)40(84)48(92)30(12)32-14(69(106)119-61)4-22(79)42(86)50(32)94/h1-8,27-28,56,60-65,75-102,112H,9-10H2/t27-,28+,56+,60+,61-,62+,63+,64+,65-,75+/m0/s1. The van der Waals surface area contributed by atoms with Crippen LogP contribution in [0.1, 0.15) is 105 Å². The molecule has 0 radical (unpaired) electrons. The Hall–Kier alpha value is -17.3. The Morgan fingerprint density at radius 3 is 1.01 bits per heavy atom. The highest BCUT2D eigenvalue weighted by Crippen LogP contribution is 2.62. The summed E-state index contributed by atoms with van der Waals surface area (Å²) >= 11 is 0. The van der Waals surface area contributed by atoms with E-state index in [1.54, 1.807) is 0 Å². The van der Waals surface area contributed by atoms with Gasteiger partial charge in [-0.1, -0.05) is 0 Å². The zero-order chi connectivity index (χ0) is 89.4. The van der Waals surface area contributed by atoms with Crippen LogP contribution in [-0.4, -0.2) is 265 Å². The molecular formula is C75H50O48. The molecule has 16 rings (SSSR count). The number of ether oxygens (including phenoxy) is 11. The van der Waals surface area contributed by atoms with Gasteiger partial charge in [0.1, 0.15) is 31.0 Å². The second-order valence-electron chi connectivity index (χ2n) is 27.2. The molecule has 1 saturated heterocycles. The van der Waals surface area contributed by atoms with Crippen molar-refractivity contribution in [1.29, 1.82) is 0 Å². The number of benzene rings is 9. The van der Waals surface area contributed by atoms with Gasteiger partial charge in [0.25, 0.3) is 0 Å². The summed E-state index contributed by atoms with van der Waals surface area (Å²) in [6.07, 6.45) is -28.7. The van der Waals surface area contributed by atoms with Gasteiger partial charge in [0, 0.05) is 62.2 Å². The van der Waals surface area contributed by atoms with Gasteiger partial charge in [0.2, 0.25) is 57.5 Å². The lowest BCUT2D eigenvalue weighted by Crippen LogP contribution is -2.62. The van der Waals surface area contributed by atoms with Gasteiger partial charge in [0.15, 0.2) is 153 Å². The maximum Gasteiger partial charge on any atom is 0.342 e. The van der Waals surface area contributed by atoms with E-state index in [9.17, 15) is 167 Å². The Labute approximate surface area is 673 Å². The van der Waals surface area contributed by atoms with Crippen LogP contribution in [0.4, 0.5) is 0 Å². The van der Waals surface area contributed by atoms with Gasteiger partial charge in [-0.25, -0.2) is 43.2 Å². The first-order chi connectivity index (χ1) is 57.9. The van der Waals surface area contributed by atoms with Crippen molar-refractivity contribution in [3.8, 4) is 205 Å². The predicted octanol–water partition coefficient (Wildman–Crippen LogP) is 2.40. The first kappa shape index (κ1) is 80.9. The van der Waals surface area contributed by atoms with E-state index in [-0.39, 0.29) is 36.4 Å². The molecule has 48 nitrogen and oxygen atoms in total. The number of carbonyl (C=O) groups excluding carboxylic acids is 9. The van der Waals surface area contributed by atoms with E-state index in [0.717, 1.165) is 0 Å². The first-order valence-corrected chi connectivity index (χ1v) is 34.3. The summed E-state index contributed by atoms with van der Waals surface area (Å²) in [6.45, 7) is -3.31. The maximum absolute atomic E-state index is 15.6. The number of hydrogen-bond donors (Lipinski definition) is 28. The van der Waals surface area contributed by atoms with Gasteiger partial charge in [-0.2, -0.15) is 0 Å². The number of fused-ring (bicyclic) bond motifs is 15. The monoisotopic (exact) mass is 1720 g/mol. The molecule has 9 aromatic carbocycles. The molecule has 0 spiro atoms. The van der Waals surface area contributed by atoms with E-state index in [1.165, 1.54) is 0 Å². The molecule has 28 N–H and O–H groups in total. The Balaban J connectivity index is 0.893. The average molecular weight is 1720 g/mol. The van der Waals surface area contributed by atoms with E-state index in [0.29, 0.717) is 12.1 Å². The Kier molecular flexibility index (Phi) is 18.7. The molecule has 7 heterocycles. The molecule has 0 saturated carbocycles. The summed E-state index contributed by atoms with van der Waals surface area (Å²) in [6, 6.07) is 1.75. The smallest absolute Gasteiger partial charge is 0.342 e. The summed E-state index contributed by atoms with van der Waals surface area (Å²) in [5.74, 6) is -64.2. The van der Waals surface area contributed by atoms with Crippen LogP contribution >= 0.6 is 0 Å². The van der Waals surface area contributed by atoms with Gasteiger partial charge in [0.05, 0.1) is 44.5 Å². The number of hydrogen-bond acceptors (Lipinski definition) is 48. The summed E-state index contributed by atoms with van der Waals surface area (Å²) in [5.41, 5.74) is -24.3. The number of cyclic esters (lactones) is 3. The Morgan fingerprint density at radius 1 is 0.285 bits per heavy atom. The topological polar surface area (TPSA) is 822 Å². The third-order valence-corrected chi connectivity index (χ3v) is 20.3. The van der Waals surface area contributed by atoms with Crippen molar-refractivity contribution in [2.45, 2.75) is 61.2 Å². The summed E-state index contributed by atoms with van der Waals surface area (Å²) < 4.78 is 62.0. The van der Waals surface area contributed by atoms with Crippen LogP contribution < -0.4 is 4.74 Å². The second-order valence-corrected chi connectivity index (χ2v) is 27.2. The third kappa shape index (κ3) is 12.2. The minimum atomic E-state index is -3.27. The van der Waals surface area contributed by atoms with Crippen molar-refractivity contribution >= 4 is 53.7 Å². The van der Waals surface area contributed by atoms with Gasteiger partial charge in [-0.3, -0.25) is 0 Å². The number of aliphatic hydroxyl groups is 2. The lowest BCUT2D eigenvalue weighted by molar-refractivity contribution is -0.284. The van der Waals surface area contributed by atoms with E-state index in [4.69, 9.17) is 52.1 Å². The van der Waals surface area contributed by atoms with Crippen LogP contribution in [0.2, 0.25) is 0 Å². The van der Waals surface area contributed by atoms with Crippen LogP contribution in [0.15, 0.2) is 48.5 Å². The molecule has 0 amide bonds. The lowest BCUT2D eigenvalue weighted by Gasteiger charge is -2.43.